The molecule has 1 aromatic carbocycles. The molecule has 3 unspecified atom stereocenters. The quantitative estimate of drug-likeness (QED) is 0.859. The van der Waals surface area contributed by atoms with Crippen LogP contribution in [0.1, 0.15) is 57.9 Å². The van der Waals surface area contributed by atoms with Gasteiger partial charge in [-0.1, -0.05) is 39.0 Å². The number of nitriles is 1. The molecule has 1 aliphatic carbocycles. The summed E-state index contributed by atoms with van der Waals surface area (Å²) in [6.45, 7) is 7.30. The van der Waals surface area contributed by atoms with Crippen LogP contribution < -0.4 is 10.1 Å². The standard InChI is InChI=1S/C18H26N2O/c1-4-14(3)16-8-6-7-9-17(16)21-15-10-11-18(12-15,13-19)20-5-2/h6-9,14-15,20H,4-5,10-12H2,1-3H3. The Morgan fingerprint density at radius 1 is 1.43 bits per heavy atom. The normalized spacial score (nSPS) is 26.3. The van der Waals surface area contributed by atoms with Crippen molar-refractivity contribution in [2.45, 2.75) is 64.0 Å². The number of para-hydroxylation sites is 1. The maximum Gasteiger partial charge on any atom is 0.123 e. The van der Waals surface area contributed by atoms with E-state index in [9.17, 15) is 5.26 Å². The van der Waals surface area contributed by atoms with Crippen LogP contribution in [0.4, 0.5) is 0 Å². The Morgan fingerprint density at radius 3 is 2.86 bits per heavy atom. The number of rotatable bonds is 6. The highest BCUT2D eigenvalue weighted by molar-refractivity contribution is 5.36. The maximum atomic E-state index is 9.44. The van der Waals surface area contributed by atoms with Crippen LogP contribution in [-0.4, -0.2) is 18.2 Å². The SMILES string of the molecule is CCNC1(C#N)CCC(Oc2ccccc2C(C)CC)C1. The van der Waals surface area contributed by atoms with Crippen molar-refractivity contribution in [1.82, 2.24) is 5.32 Å². The molecule has 0 heterocycles. The molecule has 1 saturated carbocycles. The molecule has 0 amide bonds. The second-order valence-electron chi connectivity index (χ2n) is 6.05. The van der Waals surface area contributed by atoms with E-state index < -0.39 is 5.54 Å². The average molecular weight is 286 g/mol. The van der Waals surface area contributed by atoms with Crippen molar-refractivity contribution >= 4 is 0 Å². The minimum atomic E-state index is -0.398. The molecule has 1 N–H and O–H groups in total. The zero-order valence-electron chi connectivity index (χ0n) is 13.4. The third-order valence-corrected chi connectivity index (χ3v) is 4.55. The highest BCUT2D eigenvalue weighted by Gasteiger charge is 2.40. The first-order valence-electron chi connectivity index (χ1n) is 8.06. The van der Waals surface area contributed by atoms with Crippen LogP contribution in [0, 0.1) is 11.3 Å². The van der Waals surface area contributed by atoms with Crippen molar-refractivity contribution in [2.75, 3.05) is 6.54 Å². The summed E-state index contributed by atoms with van der Waals surface area (Å²) < 4.78 is 6.24. The van der Waals surface area contributed by atoms with Crippen LogP contribution in [0.5, 0.6) is 5.75 Å². The number of nitrogens with one attached hydrogen (secondary N) is 1. The number of benzene rings is 1. The molecule has 0 bridgehead atoms. The van der Waals surface area contributed by atoms with Gasteiger partial charge in [0.2, 0.25) is 0 Å². The predicted octanol–water partition coefficient (Wildman–Crippen LogP) is 4.00. The molecular formula is C18H26N2O. The van der Waals surface area contributed by atoms with Crippen LogP contribution in [-0.2, 0) is 0 Å². The summed E-state index contributed by atoms with van der Waals surface area (Å²) in [7, 11) is 0. The highest BCUT2D eigenvalue weighted by Crippen LogP contribution is 2.35. The molecule has 0 saturated heterocycles. The molecule has 1 aliphatic rings. The maximum absolute atomic E-state index is 9.44. The first-order chi connectivity index (χ1) is 10.1. The van der Waals surface area contributed by atoms with Gasteiger partial charge in [0.1, 0.15) is 17.4 Å². The minimum Gasteiger partial charge on any atom is -0.490 e. The van der Waals surface area contributed by atoms with Crippen LogP contribution in [0.2, 0.25) is 0 Å². The highest BCUT2D eigenvalue weighted by atomic mass is 16.5. The van der Waals surface area contributed by atoms with Crippen molar-refractivity contribution in [3.8, 4) is 11.8 Å². The van der Waals surface area contributed by atoms with E-state index in [1.165, 1.54) is 5.56 Å². The van der Waals surface area contributed by atoms with E-state index in [-0.39, 0.29) is 6.10 Å². The second-order valence-corrected chi connectivity index (χ2v) is 6.05. The number of ether oxygens (including phenoxy) is 1. The Morgan fingerprint density at radius 2 is 2.19 bits per heavy atom. The van der Waals surface area contributed by atoms with Gasteiger partial charge in [0.25, 0.3) is 0 Å². The van der Waals surface area contributed by atoms with Crippen LogP contribution in [0.25, 0.3) is 0 Å². The van der Waals surface area contributed by atoms with Crippen LogP contribution >= 0.6 is 0 Å². The van der Waals surface area contributed by atoms with E-state index in [1.54, 1.807) is 0 Å². The molecule has 3 nitrogen and oxygen atoms in total. The Hall–Kier alpha value is -1.53. The zero-order valence-corrected chi connectivity index (χ0v) is 13.4. The van der Waals surface area contributed by atoms with Crippen molar-refractivity contribution in [3.63, 3.8) is 0 Å². The Labute approximate surface area is 128 Å². The lowest BCUT2D eigenvalue weighted by atomic mass is 9.97. The molecule has 0 aliphatic heterocycles. The summed E-state index contributed by atoms with van der Waals surface area (Å²) in [5.41, 5.74) is 0.878. The molecule has 3 atom stereocenters. The third-order valence-electron chi connectivity index (χ3n) is 4.55. The Kier molecular flexibility index (Phi) is 5.25. The fourth-order valence-corrected chi connectivity index (χ4v) is 3.14. The topological polar surface area (TPSA) is 45.0 Å². The Balaban J connectivity index is 2.09. The first kappa shape index (κ1) is 15.9. The average Bonchev–Trinajstić information content (AvgIpc) is 2.91. The molecule has 0 spiro atoms. The fraction of sp³-hybridized carbons (Fsp3) is 0.611. The van der Waals surface area contributed by atoms with Gasteiger partial charge in [-0.3, -0.25) is 5.32 Å². The van der Waals surface area contributed by atoms with E-state index in [0.29, 0.717) is 5.92 Å². The second kappa shape index (κ2) is 6.95. The van der Waals surface area contributed by atoms with Gasteiger partial charge in [0.05, 0.1) is 6.07 Å². The van der Waals surface area contributed by atoms with Gasteiger partial charge in [0.15, 0.2) is 0 Å². The van der Waals surface area contributed by atoms with E-state index >= 15 is 0 Å². The zero-order chi connectivity index (χ0) is 15.3. The van der Waals surface area contributed by atoms with E-state index in [4.69, 9.17) is 4.74 Å². The van der Waals surface area contributed by atoms with Gasteiger partial charge in [-0.2, -0.15) is 5.26 Å². The van der Waals surface area contributed by atoms with E-state index in [1.807, 2.05) is 13.0 Å². The van der Waals surface area contributed by atoms with Crippen molar-refractivity contribution in [1.29, 1.82) is 5.26 Å². The van der Waals surface area contributed by atoms with Gasteiger partial charge >= 0.3 is 0 Å². The summed E-state index contributed by atoms with van der Waals surface area (Å²) >= 11 is 0. The van der Waals surface area contributed by atoms with Gasteiger partial charge in [-0.25, -0.2) is 0 Å². The van der Waals surface area contributed by atoms with E-state index in [0.717, 1.165) is 38.0 Å². The van der Waals surface area contributed by atoms with Crippen LogP contribution in [0.3, 0.4) is 0 Å². The van der Waals surface area contributed by atoms with Gasteiger partial charge in [0, 0.05) is 6.42 Å². The predicted molar refractivity (Wildman–Crippen MR) is 85.4 cm³/mol. The summed E-state index contributed by atoms with van der Waals surface area (Å²) in [6, 6.07) is 10.8. The Bertz CT molecular complexity index is 508. The van der Waals surface area contributed by atoms with Gasteiger partial charge < -0.3 is 4.74 Å². The van der Waals surface area contributed by atoms with Crippen molar-refractivity contribution in [2.24, 2.45) is 0 Å². The lowest BCUT2D eigenvalue weighted by Gasteiger charge is -2.23. The molecule has 21 heavy (non-hydrogen) atoms. The molecule has 2 rings (SSSR count). The molecule has 0 aromatic heterocycles. The van der Waals surface area contributed by atoms with Crippen molar-refractivity contribution in [3.05, 3.63) is 29.8 Å². The van der Waals surface area contributed by atoms with E-state index in [2.05, 4.69) is 43.4 Å². The van der Waals surface area contributed by atoms with Gasteiger partial charge in [-0.05, 0) is 43.4 Å². The smallest absolute Gasteiger partial charge is 0.123 e. The third kappa shape index (κ3) is 3.57. The van der Waals surface area contributed by atoms with Crippen molar-refractivity contribution < 1.29 is 4.74 Å². The lowest BCUT2D eigenvalue weighted by Crippen LogP contribution is -2.42. The van der Waals surface area contributed by atoms with Crippen LogP contribution in [0.15, 0.2) is 24.3 Å². The van der Waals surface area contributed by atoms with Gasteiger partial charge in [-0.15, -0.1) is 0 Å². The lowest BCUT2D eigenvalue weighted by molar-refractivity contribution is 0.198. The minimum absolute atomic E-state index is 0.133. The number of hydrogen-bond donors (Lipinski definition) is 1. The monoisotopic (exact) mass is 286 g/mol. The fourth-order valence-electron chi connectivity index (χ4n) is 3.14. The molecule has 1 fully saturated rings. The summed E-state index contributed by atoms with van der Waals surface area (Å²) in [5.74, 6) is 1.49. The molecule has 1 aromatic rings. The summed E-state index contributed by atoms with van der Waals surface area (Å²) in [4.78, 5) is 0. The number of hydrogen-bond acceptors (Lipinski definition) is 3. The largest absolute Gasteiger partial charge is 0.490 e. The molecule has 0 radical (unpaired) electrons. The summed E-state index contributed by atoms with van der Waals surface area (Å²) in [6.07, 6.45) is 3.81. The number of nitrogens with zero attached hydrogens (tertiary/aromatic N) is 1. The summed E-state index contributed by atoms with van der Waals surface area (Å²) in [5, 5.41) is 12.8. The first-order valence-corrected chi connectivity index (χ1v) is 8.06. The molecular weight excluding hydrogens is 260 g/mol. The molecule has 114 valence electrons. The molecule has 3 heteroatoms.